The second kappa shape index (κ2) is 11.1. The fraction of sp³-hybridized carbons (Fsp3) is 0.235. The van der Waals surface area contributed by atoms with Crippen LogP contribution in [0.15, 0.2) is 64.5 Å². The number of anilines is 1. The fourth-order valence-electron chi connectivity index (χ4n) is 2.06. The van der Waals surface area contributed by atoms with Gasteiger partial charge in [0.05, 0.1) is 18.0 Å². The van der Waals surface area contributed by atoms with Crippen molar-refractivity contribution in [2.45, 2.75) is 11.4 Å². The topological polar surface area (TPSA) is 106 Å². The van der Waals surface area contributed by atoms with Gasteiger partial charge in [-0.25, -0.2) is 18.1 Å². The normalized spacial score (nSPS) is 11.7. The molecule has 0 atom stereocenters. The standard InChI is InChI=1S/C17H22N4O3S.HI/c1-24-11-10-20-25(22,23)16-9-5-6-14(12-16)13-19-17(18)21-15-7-3-2-4-8-15;/h2-9,12,20H,10-11,13H2,1H3,(H3,18,19,21);1H. The van der Waals surface area contributed by atoms with Crippen LogP contribution in [0, 0.1) is 0 Å². The van der Waals surface area contributed by atoms with Crippen molar-refractivity contribution in [3.05, 3.63) is 60.2 Å². The van der Waals surface area contributed by atoms with Gasteiger partial charge in [0.15, 0.2) is 5.96 Å². The summed E-state index contributed by atoms with van der Waals surface area (Å²) in [7, 11) is -2.05. The minimum atomic E-state index is -3.57. The number of nitrogens with one attached hydrogen (secondary N) is 2. The molecule has 0 saturated heterocycles. The molecule has 0 aromatic heterocycles. The lowest BCUT2D eigenvalue weighted by Crippen LogP contribution is -2.27. The largest absolute Gasteiger partial charge is 0.383 e. The molecule has 4 N–H and O–H groups in total. The molecule has 0 amide bonds. The van der Waals surface area contributed by atoms with Crippen LogP contribution in [-0.2, 0) is 21.3 Å². The van der Waals surface area contributed by atoms with Gasteiger partial charge < -0.3 is 15.8 Å². The van der Waals surface area contributed by atoms with Crippen molar-refractivity contribution in [2.75, 3.05) is 25.6 Å². The number of benzene rings is 2. The Morgan fingerprint density at radius 3 is 2.58 bits per heavy atom. The summed E-state index contributed by atoms with van der Waals surface area (Å²) in [5.74, 6) is 0.262. The Morgan fingerprint density at radius 1 is 1.15 bits per heavy atom. The summed E-state index contributed by atoms with van der Waals surface area (Å²) in [5.41, 5.74) is 7.43. The summed E-state index contributed by atoms with van der Waals surface area (Å²) in [6, 6.07) is 16.0. The molecule has 0 aliphatic rings. The third kappa shape index (κ3) is 7.28. The molecule has 2 aromatic carbocycles. The van der Waals surface area contributed by atoms with Gasteiger partial charge in [0.1, 0.15) is 0 Å². The highest BCUT2D eigenvalue weighted by Crippen LogP contribution is 2.12. The third-order valence-corrected chi connectivity index (χ3v) is 4.74. The van der Waals surface area contributed by atoms with Crippen LogP contribution < -0.4 is 15.8 Å². The number of nitrogens with two attached hydrogens (primary N) is 1. The van der Waals surface area contributed by atoms with Crippen LogP contribution in [-0.4, -0.2) is 34.6 Å². The van der Waals surface area contributed by atoms with E-state index in [1.165, 1.54) is 13.2 Å². The summed E-state index contributed by atoms with van der Waals surface area (Å²) in [4.78, 5) is 4.42. The Morgan fingerprint density at radius 2 is 1.88 bits per heavy atom. The summed E-state index contributed by atoms with van der Waals surface area (Å²) in [6.07, 6.45) is 0. The van der Waals surface area contributed by atoms with Crippen molar-refractivity contribution in [3.63, 3.8) is 0 Å². The van der Waals surface area contributed by atoms with Crippen LogP contribution in [0.4, 0.5) is 5.69 Å². The number of guanidine groups is 1. The van der Waals surface area contributed by atoms with E-state index in [1.807, 2.05) is 30.3 Å². The third-order valence-electron chi connectivity index (χ3n) is 3.29. The predicted octanol–water partition coefficient (Wildman–Crippen LogP) is 2.16. The van der Waals surface area contributed by atoms with Crippen LogP contribution >= 0.6 is 24.0 Å². The van der Waals surface area contributed by atoms with E-state index in [1.54, 1.807) is 18.2 Å². The van der Waals surface area contributed by atoms with E-state index in [9.17, 15) is 8.42 Å². The average Bonchev–Trinajstić information content (AvgIpc) is 2.61. The van der Waals surface area contributed by atoms with Gasteiger partial charge in [0, 0.05) is 19.3 Å². The quantitative estimate of drug-likeness (QED) is 0.228. The Bertz CT molecular complexity index is 814. The number of hydrogen-bond donors (Lipinski definition) is 3. The molecule has 2 aromatic rings. The first kappa shape index (κ1) is 22.4. The van der Waals surface area contributed by atoms with Gasteiger partial charge in [-0.15, -0.1) is 24.0 Å². The Labute approximate surface area is 171 Å². The van der Waals surface area contributed by atoms with E-state index >= 15 is 0 Å². The van der Waals surface area contributed by atoms with E-state index in [-0.39, 0.29) is 47.9 Å². The zero-order valence-corrected chi connectivity index (χ0v) is 17.5. The number of ether oxygens (including phenoxy) is 1. The molecule has 9 heteroatoms. The van der Waals surface area contributed by atoms with Gasteiger partial charge >= 0.3 is 0 Å². The van der Waals surface area contributed by atoms with Crippen LogP contribution in [0.25, 0.3) is 0 Å². The van der Waals surface area contributed by atoms with Gasteiger partial charge in [0.25, 0.3) is 0 Å². The molecule has 0 radical (unpaired) electrons. The second-order valence-electron chi connectivity index (χ2n) is 5.23. The number of rotatable bonds is 8. The van der Waals surface area contributed by atoms with Gasteiger partial charge in [-0.05, 0) is 29.8 Å². The molecule has 0 bridgehead atoms. The van der Waals surface area contributed by atoms with Crippen molar-refractivity contribution in [1.29, 1.82) is 0 Å². The number of aliphatic imine (C=N–C) groups is 1. The highest BCUT2D eigenvalue weighted by molar-refractivity contribution is 14.0. The summed E-state index contributed by atoms with van der Waals surface area (Å²) in [5, 5.41) is 2.97. The van der Waals surface area contributed by atoms with Crippen molar-refractivity contribution in [3.8, 4) is 0 Å². The van der Waals surface area contributed by atoms with E-state index < -0.39 is 10.0 Å². The Balaban J connectivity index is 0.00000338. The first-order valence-corrected chi connectivity index (χ1v) is 9.19. The molecule has 0 fully saturated rings. The number of para-hydroxylation sites is 1. The molecule has 0 aliphatic heterocycles. The number of methoxy groups -OCH3 is 1. The van der Waals surface area contributed by atoms with E-state index in [4.69, 9.17) is 10.5 Å². The number of hydrogen-bond acceptors (Lipinski definition) is 4. The van der Waals surface area contributed by atoms with Crippen LogP contribution in [0.2, 0.25) is 0 Å². The van der Waals surface area contributed by atoms with Gasteiger partial charge in [-0.1, -0.05) is 30.3 Å². The minimum absolute atomic E-state index is 0. The second-order valence-corrected chi connectivity index (χ2v) is 7.00. The minimum Gasteiger partial charge on any atom is -0.383 e. The highest BCUT2D eigenvalue weighted by Gasteiger charge is 2.13. The molecule has 7 nitrogen and oxygen atoms in total. The lowest BCUT2D eigenvalue weighted by atomic mass is 10.2. The Kier molecular flexibility index (Phi) is 9.55. The molecule has 0 saturated carbocycles. The maximum absolute atomic E-state index is 12.2. The fourth-order valence-corrected chi connectivity index (χ4v) is 3.14. The van der Waals surface area contributed by atoms with Gasteiger partial charge in [-0.2, -0.15) is 0 Å². The van der Waals surface area contributed by atoms with Crippen LogP contribution in [0.1, 0.15) is 5.56 Å². The van der Waals surface area contributed by atoms with Crippen molar-refractivity contribution in [1.82, 2.24) is 4.72 Å². The van der Waals surface area contributed by atoms with Crippen molar-refractivity contribution < 1.29 is 13.2 Å². The zero-order valence-electron chi connectivity index (χ0n) is 14.4. The lowest BCUT2D eigenvalue weighted by molar-refractivity contribution is 0.204. The van der Waals surface area contributed by atoms with E-state index in [0.29, 0.717) is 6.61 Å². The average molecular weight is 490 g/mol. The van der Waals surface area contributed by atoms with E-state index in [0.717, 1.165) is 11.3 Å². The predicted molar refractivity (Wildman–Crippen MR) is 114 cm³/mol. The molecule has 0 heterocycles. The summed E-state index contributed by atoms with van der Waals surface area (Å²) >= 11 is 0. The Hall–Kier alpha value is -1.69. The van der Waals surface area contributed by atoms with Crippen molar-refractivity contribution in [2.24, 2.45) is 10.7 Å². The monoisotopic (exact) mass is 490 g/mol. The first-order chi connectivity index (χ1) is 12.0. The molecule has 142 valence electrons. The molecular formula is C17H23IN4O3S. The maximum atomic E-state index is 12.2. The lowest BCUT2D eigenvalue weighted by Gasteiger charge is -2.08. The van der Waals surface area contributed by atoms with Crippen molar-refractivity contribution >= 4 is 45.6 Å². The number of nitrogens with zero attached hydrogens (tertiary/aromatic N) is 1. The van der Waals surface area contributed by atoms with E-state index in [2.05, 4.69) is 15.0 Å². The first-order valence-electron chi connectivity index (χ1n) is 7.71. The molecule has 0 unspecified atom stereocenters. The van der Waals surface area contributed by atoms with Gasteiger partial charge in [-0.3, -0.25) is 0 Å². The molecular weight excluding hydrogens is 467 g/mol. The van der Waals surface area contributed by atoms with Crippen LogP contribution in [0.5, 0.6) is 0 Å². The summed E-state index contributed by atoms with van der Waals surface area (Å²) in [6.45, 7) is 0.799. The van der Waals surface area contributed by atoms with Gasteiger partial charge in [0.2, 0.25) is 10.0 Å². The smallest absolute Gasteiger partial charge is 0.240 e. The highest BCUT2D eigenvalue weighted by atomic mass is 127. The number of halogens is 1. The molecule has 0 aliphatic carbocycles. The number of sulfonamides is 1. The zero-order chi connectivity index (χ0) is 18.1. The molecule has 2 rings (SSSR count). The molecule has 26 heavy (non-hydrogen) atoms. The summed E-state index contributed by atoms with van der Waals surface area (Å²) < 4.78 is 31.7. The maximum Gasteiger partial charge on any atom is 0.240 e. The molecule has 0 spiro atoms. The van der Waals surface area contributed by atoms with Crippen LogP contribution in [0.3, 0.4) is 0 Å². The SMILES string of the molecule is COCCNS(=O)(=O)c1cccc(CN=C(N)Nc2ccccc2)c1.I.